The van der Waals surface area contributed by atoms with Crippen LogP contribution in [-0.2, 0) is 6.54 Å². The first-order chi connectivity index (χ1) is 6.07. The van der Waals surface area contributed by atoms with Gasteiger partial charge in [-0.15, -0.1) is 0 Å². The van der Waals surface area contributed by atoms with Gasteiger partial charge in [0.15, 0.2) is 0 Å². The van der Waals surface area contributed by atoms with Crippen LogP contribution in [0.25, 0.3) is 0 Å². The van der Waals surface area contributed by atoms with Gasteiger partial charge in [0, 0.05) is 17.1 Å². The summed E-state index contributed by atoms with van der Waals surface area (Å²) in [6.45, 7) is 3.62. The Bertz CT molecular complexity index is 328. The summed E-state index contributed by atoms with van der Waals surface area (Å²) >= 11 is 5.87. The predicted molar refractivity (Wildman–Crippen MR) is 49.5 cm³/mol. The van der Waals surface area contributed by atoms with E-state index < -0.39 is 0 Å². The lowest BCUT2D eigenvalue weighted by molar-refractivity contribution is 0.161. The molecule has 1 rings (SSSR count). The van der Waals surface area contributed by atoms with Crippen molar-refractivity contribution in [1.29, 1.82) is 0 Å². The number of nitrogens with one attached hydrogen (secondary N) is 1. The molecule has 13 heavy (non-hydrogen) atoms. The van der Waals surface area contributed by atoms with E-state index in [2.05, 4.69) is 0 Å². The average molecular weight is 204 g/mol. The van der Waals surface area contributed by atoms with Crippen LogP contribution in [0, 0.1) is 19.7 Å². The maximum absolute atomic E-state index is 13.1. The van der Waals surface area contributed by atoms with Gasteiger partial charge < -0.3 is 5.21 Å². The molecule has 1 aromatic carbocycles. The van der Waals surface area contributed by atoms with Crippen LogP contribution in [0.15, 0.2) is 6.07 Å². The fourth-order valence-corrected chi connectivity index (χ4v) is 1.38. The van der Waals surface area contributed by atoms with E-state index in [1.54, 1.807) is 13.8 Å². The molecule has 0 unspecified atom stereocenters. The van der Waals surface area contributed by atoms with Crippen molar-refractivity contribution in [3.05, 3.63) is 33.6 Å². The molecule has 0 saturated carbocycles. The van der Waals surface area contributed by atoms with Gasteiger partial charge in [0.2, 0.25) is 0 Å². The molecule has 0 spiro atoms. The number of halogens is 2. The minimum absolute atomic E-state index is 0.197. The minimum Gasteiger partial charge on any atom is -0.316 e. The van der Waals surface area contributed by atoms with Crippen LogP contribution in [0.2, 0.25) is 5.02 Å². The molecule has 0 saturated heterocycles. The van der Waals surface area contributed by atoms with Gasteiger partial charge in [0.1, 0.15) is 5.82 Å². The molecule has 0 bridgehead atoms. The lowest BCUT2D eigenvalue weighted by Gasteiger charge is -2.09. The Balaban J connectivity index is 3.24. The molecule has 2 N–H and O–H groups in total. The summed E-state index contributed by atoms with van der Waals surface area (Å²) in [5.74, 6) is -0.346. The molecule has 0 aromatic heterocycles. The van der Waals surface area contributed by atoms with Crippen LogP contribution in [0.3, 0.4) is 0 Å². The topological polar surface area (TPSA) is 32.3 Å². The molecule has 72 valence electrons. The van der Waals surface area contributed by atoms with Crippen molar-refractivity contribution in [2.45, 2.75) is 20.4 Å². The van der Waals surface area contributed by atoms with E-state index in [1.807, 2.05) is 5.48 Å². The Morgan fingerprint density at radius 2 is 2.08 bits per heavy atom. The third kappa shape index (κ3) is 1.99. The molecular weight excluding hydrogens is 193 g/mol. The molecule has 0 atom stereocenters. The molecule has 0 fully saturated rings. The number of benzene rings is 1. The number of hydrogen-bond donors (Lipinski definition) is 2. The molecule has 0 heterocycles. The van der Waals surface area contributed by atoms with Crippen LogP contribution >= 0.6 is 11.6 Å². The summed E-state index contributed by atoms with van der Waals surface area (Å²) in [5, 5.41) is 8.90. The SMILES string of the molecule is Cc1c(F)cc(CNO)c(C)c1Cl. The maximum atomic E-state index is 13.1. The fraction of sp³-hybridized carbons (Fsp3) is 0.333. The van der Waals surface area contributed by atoms with Crippen LogP contribution in [0.5, 0.6) is 0 Å². The highest BCUT2D eigenvalue weighted by Gasteiger charge is 2.09. The van der Waals surface area contributed by atoms with Crippen molar-refractivity contribution in [3.63, 3.8) is 0 Å². The second kappa shape index (κ2) is 4.05. The zero-order chi connectivity index (χ0) is 10.0. The first-order valence-corrected chi connectivity index (χ1v) is 4.26. The lowest BCUT2D eigenvalue weighted by Crippen LogP contribution is -2.08. The van der Waals surface area contributed by atoms with Crippen LogP contribution < -0.4 is 5.48 Å². The molecule has 0 aliphatic rings. The summed E-state index contributed by atoms with van der Waals surface area (Å²) in [6.07, 6.45) is 0. The summed E-state index contributed by atoms with van der Waals surface area (Å²) in [5.41, 5.74) is 3.87. The van der Waals surface area contributed by atoms with E-state index in [0.29, 0.717) is 16.1 Å². The summed E-state index contributed by atoms with van der Waals surface area (Å²) < 4.78 is 13.1. The molecule has 0 aliphatic carbocycles. The van der Waals surface area contributed by atoms with Gasteiger partial charge in [-0.1, -0.05) is 11.6 Å². The van der Waals surface area contributed by atoms with Gasteiger partial charge in [0.05, 0.1) is 0 Å². The summed E-state index contributed by atoms with van der Waals surface area (Å²) in [6, 6.07) is 1.37. The second-order valence-electron chi connectivity index (χ2n) is 2.92. The molecule has 2 nitrogen and oxygen atoms in total. The first-order valence-electron chi connectivity index (χ1n) is 3.89. The lowest BCUT2D eigenvalue weighted by atomic mass is 10.1. The molecule has 4 heteroatoms. The van der Waals surface area contributed by atoms with E-state index in [-0.39, 0.29) is 12.4 Å². The van der Waals surface area contributed by atoms with E-state index in [1.165, 1.54) is 6.07 Å². The monoisotopic (exact) mass is 203 g/mol. The van der Waals surface area contributed by atoms with E-state index in [9.17, 15) is 4.39 Å². The highest BCUT2D eigenvalue weighted by atomic mass is 35.5. The second-order valence-corrected chi connectivity index (χ2v) is 3.29. The van der Waals surface area contributed by atoms with Gasteiger partial charge in [-0.3, -0.25) is 0 Å². The Labute approximate surface area is 81.3 Å². The first kappa shape index (κ1) is 10.4. The van der Waals surface area contributed by atoms with Crippen LogP contribution in [-0.4, -0.2) is 5.21 Å². The standard InChI is InChI=1S/C9H11ClFNO/c1-5-7(4-12-13)3-8(11)6(2)9(5)10/h3,12-13H,4H2,1-2H3. The molecule has 0 aliphatic heterocycles. The largest absolute Gasteiger partial charge is 0.316 e. The molecular formula is C9H11ClFNO. The Hall–Kier alpha value is -0.640. The van der Waals surface area contributed by atoms with E-state index in [0.717, 1.165) is 5.56 Å². The van der Waals surface area contributed by atoms with E-state index in [4.69, 9.17) is 16.8 Å². The third-order valence-corrected chi connectivity index (χ3v) is 2.64. The zero-order valence-corrected chi connectivity index (χ0v) is 8.24. The van der Waals surface area contributed by atoms with Gasteiger partial charge in [-0.05, 0) is 31.0 Å². The predicted octanol–water partition coefficient (Wildman–Crippen LogP) is 2.57. The van der Waals surface area contributed by atoms with Crippen molar-refractivity contribution in [2.75, 3.05) is 0 Å². The minimum atomic E-state index is -0.346. The Morgan fingerprint density at radius 1 is 1.46 bits per heavy atom. The Kier molecular flexibility index (Phi) is 3.25. The molecule has 0 radical (unpaired) electrons. The maximum Gasteiger partial charge on any atom is 0.127 e. The van der Waals surface area contributed by atoms with Gasteiger partial charge in [-0.25, -0.2) is 9.87 Å². The number of rotatable bonds is 2. The van der Waals surface area contributed by atoms with Crippen molar-refractivity contribution >= 4 is 11.6 Å². The van der Waals surface area contributed by atoms with Gasteiger partial charge in [0.25, 0.3) is 0 Å². The highest BCUT2D eigenvalue weighted by Crippen LogP contribution is 2.25. The van der Waals surface area contributed by atoms with Crippen LogP contribution in [0.1, 0.15) is 16.7 Å². The normalized spacial score (nSPS) is 10.5. The van der Waals surface area contributed by atoms with Gasteiger partial charge in [-0.2, -0.15) is 0 Å². The third-order valence-electron chi connectivity index (χ3n) is 2.07. The van der Waals surface area contributed by atoms with Crippen LogP contribution in [0.4, 0.5) is 4.39 Å². The highest BCUT2D eigenvalue weighted by molar-refractivity contribution is 6.32. The van der Waals surface area contributed by atoms with Crippen molar-refractivity contribution < 1.29 is 9.60 Å². The molecule has 1 aromatic rings. The zero-order valence-electron chi connectivity index (χ0n) is 7.49. The summed E-state index contributed by atoms with van der Waals surface area (Å²) in [4.78, 5) is 0. The summed E-state index contributed by atoms with van der Waals surface area (Å²) in [7, 11) is 0. The number of hydroxylamine groups is 1. The quantitative estimate of drug-likeness (QED) is 0.725. The van der Waals surface area contributed by atoms with Gasteiger partial charge >= 0.3 is 0 Å². The fourth-order valence-electron chi connectivity index (χ4n) is 1.17. The smallest absolute Gasteiger partial charge is 0.127 e. The van der Waals surface area contributed by atoms with Crippen molar-refractivity contribution in [3.8, 4) is 0 Å². The van der Waals surface area contributed by atoms with Crippen molar-refractivity contribution in [1.82, 2.24) is 5.48 Å². The Morgan fingerprint density at radius 3 is 2.62 bits per heavy atom. The number of hydrogen-bond acceptors (Lipinski definition) is 2. The average Bonchev–Trinajstić information content (AvgIpc) is 2.11. The molecule has 0 amide bonds. The van der Waals surface area contributed by atoms with Crippen molar-refractivity contribution in [2.24, 2.45) is 0 Å². The van der Waals surface area contributed by atoms with E-state index >= 15 is 0 Å².